The number of aryl methyl sites for hydroxylation is 1. The van der Waals surface area contributed by atoms with Gasteiger partial charge >= 0.3 is 0 Å². The number of carbonyl (C=O) groups is 1. The van der Waals surface area contributed by atoms with Crippen LogP contribution in [0.5, 0.6) is 0 Å². The van der Waals surface area contributed by atoms with E-state index in [1.807, 2.05) is 0 Å². The van der Waals surface area contributed by atoms with E-state index in [0.29, 0.717) is 22.7 Å². The Labute approximate surface area is 150 Å². The molecule has 0 aliphatic heterocycles. The van der Waals surface area contributed by atoms with Crippen LogP contribution in [0.2, 0.25) is 0 Å². The van der Waals surface area contributed by atoms with Crippen molar-refractivity contribution < 1.29 is 17.6 Å². The Morgan fingerprint density at radius 2 is 2.08 bits per heavy atom. The van der Waals surface area contributed by atoms with Gasteiger partial charge in [0.15, 0.2) is 11.5 Å². The van der Waals surface area contributed by atoms with Gasteiger partial charge in [0.25, 0.3) is 5.91 Å². The van der Waals surface area contributed by atoms with E-state index in [4.69, 9.17) is 4.42 Å². The second-order valence-electron chi connectivity index (χ2n) is 5.54. The smallest absolute Gasteiger partial charge is 0.255 e. The van der Waals surface area contributed by atoms with Crippen LogP contribution in [-0.2, 0) is 10.0 Å². The third-order valence-corrected chi connectivity index (χ3v) is 5.00. The van der Waals surface area contributed by atoms with E-state index in [1.165, 1.54) is 24.3 Å². The molecule has 0 aliphatic carbocycles. The van der Waals surface area contributed by atoms with E-state index < -0.39 is 15.9 Å². The first-order chi connectivity index (χ1) is 12.4. The van der Waals surface area contributed by atoms with Crippen molar-refractivity contribution in [2.45, 2.75) is 11.8 Å². The molecule has 0 unspecified atom stereocenters. The van der Waals surface area contributed by atoms with Crippen LogP contribution >= 0.6 is 0 Å². The van der Waals surface area contributed by atoms with Crippen LogP contribution in [0.15, 0.2) is 64.4 Å². The van der Waals surface area contributed by atoms with Crippen LogP contribution in [0.4, 0.5) is 5.69 Å². The molecule has 3 rings (SSSR count). The number of rotatable bonds is 6. The van der Waals surface area contributed by atoms with E-state index in [1.54, 1.807) is 31.2 Å². The summed E-state index contributed by atoms with van der Waals surface area (Å²) in [7, 11) is -3.70. The number of hydrogen-bond acceptors (Lipinski definition) is 5. The molecule has 0 saturated heterocycles. The predicted octanol–water partition coefficient (Wildman–Crippen LogP) is 2.85. The average molecular weight is 371 g/mol. The SMILES string of the molecule is C=CCNS(=O)(=O)c1cccc(C(=O)Nc2ccc3nc(C)oc3c2)c1. The Kier molecular flexibility index (Phi) is 4.88. The molecule has 1 amide bonds. The highest BCUT2D eigenvalue weighted by Crippen LogP contribution is 2.21. The standard InChI is InChI=1S/C18H17N3O4S/c1-3-9-19-26(23,24)15-6-4-5-13(10-15)18(22)21-14-7-8-16-17(11-14)25-12(2)20-16/h3-8,10-11,19H,1,9H2,2H3,(H,21,22). The fourth-order valence-corrected chi connectivity index (χ4v) is 3.42. The molecule has 1 heterocycles. The molecule has 0 spiro atoms. The largest absolute Gasteiger partial charge is 0.441 e. The quantitative estimate of drug-likeness (QED) is 0.649. The Bertz CT molecular complexity index is 1090. The van der Waals surface area contributed by atoms with E-state index >= 15 is 0 Å². The van der Waals surface area contributed by atoms with E-state index in [2.05, 4.69) is 21.6 Å². The zero-order valence-electron chi connectivity index (χ0n) is 14.0. The number of benzene rings is 2. The van der Waals surface area contributed by atoms with Gasteiger partial charge in [-0.25, -0.2) is 18.1 Å². The van der Waals surface area contributed by atoms with Crippen LogP contribution in [0.1, 0.15) is 16.2 Å². The van der Waals surface area contributed by atoms with Gasteiger partial charge in [0, 0.05) is 30.8 Å². The van der Waals surface area contributed by atoms with Gasteiger partial charge in [0.05, 0.1) is 4.90 Å². The Hall–Kier alpha value is -2.97. The molecule has 0 fully saturated rings. The van der Waals surface area contributed by atoms with E-state index in [9.17, 15) is 13.2 Å². The Balaban J connectivity index is 1.83. The van der Waals surface area contributed by atoms with Gasteiger partial charge in [-0.05, 0) is 30.3 Å². The highest BCUT2D eigenvalue weighted by Gasteiger charge is 2.16. The number of anilines is 1. The van der Waals surface area contributed by atoms with Crippen molar-refractivity contribution >= 4 is 32.7 Å². The third kappa shape index (κ3) is 3.81. The van der Waals surface area contributed by atoms with Crippen molar-refractivity contribution in [2.24, 2.45) is 0 Å². The van der Waals surface area contributed by atoms with Gasteiger partial charge in [0.2, 0.25) is 10.0 Å². The lowest BCUT2D eigenvalue weighted by molar-refractivity contribution is 0.102. The lowest BCUT2D eigenvalue weighted by atomic mass is 10.2. The lowest BCUT2D eigenvalue weighted by Gasteiger charge is -2.08. The molecule has 2 aromatic carbocycles. The molecule has 8 heteroatoms. The van der Waals surface area contributed by atoms with Gasteiger partial charge < -0.3 is 9.73 Å². The molecule has 7 nitrogen and oxygen atoms in total. The first-order valence-corrected chi connectivity index (χ1v) is 9.26. The number of nitrogens with one attached hydrogen (secondary N) is 2. The van der Waals surface area contributed by atoms with Crippen LogP contribution < -0.4 is 10.0 Å². The summed E-state index contributed by atoms with van der Waals surface area (Å²) in [6.45, 7) is 5.32. The summed E-state index contributed by atoms with van der Waals surface area (Å²) < 4.78 is 32.1. The van der Waals surface area contributed by atoms with Gasteiger partial charge in [0.1, 0.15) is 5.52 Å². The summed E-state index contributed by atoms with van der Waals surface area (Å²) in [5, 5.41) is 2.72. The molecule has 26 heavy (non-hydrogen) atoms. The minimum atomic E-state index is -3.70. The van der Waals surface area contributed by atoms with Crippen molar-refractivity contribution in [3.8, 4) is 0 Å². The highest BCUT2D eigenvalue weighted by atomic mass is 32.2. The topological polar surface area (TPSA) is 101 Å². The lowest BCUT2D eigenvalue weighted by Crippen LogP contribution is -2.24. The second kappa shape index (κ2) is 7.11. The first kappa shape index (κ1) is 17.8. The molecule has 0 saturated carbocycles. The normalized spacial score (nSPS) is 11.4. The number of carbonyl (C=O) groups excluding carboxylic acids is 1. The molecule has 3 aromatic rings. The summed E-state index contributed by atoms with van der Waals surface area (Å²) in [6.07, 6.45) is 1.44. The second-order valence-corrected chi connectivity index (χ2v) is 7.30. The van der Waals surface area contributed by atoms with Crippen LogP contribution in [-0.4, -0.2) is 25.9 Å². The molecule has 0 atom stereocenters. The van der Waals surface area contributed by atoms with Crippen LogP contribution in [0, 0.1) is 6.92 Å². The fourth-order valence-electron chi connectivity index (χ4n) is 2.38. The number of sulfonamides is 1. The Morgan fingerprint density at radius 3 is 2.85 bits per heavy atom. The Morgan fingerprint density at radius 1 is 1.27 bits per heavy atom. The molecule has 0 bridgehead atoms. The monoisotopic (exact) mass is 371 g/mol. The number of nitrogens with zero attached hydrogens (tertiary/aromatic N) is 1. The number of oxazole rings is 1. The van der Waals surface area contributed by atoms with Crippen molar-refractivity contribution in [3.05, 3.63) is 66.6 Å². The van der Waals surface area contributed by atoms with Crippen molar-refractivity contribution in [2.75, 3.05) is 11.9 Å². The van der Waals surface area contributed by atoms with Crippen LogP contribution in [0.25, 0.3) is 11.1 Å². The van der Waals surface area contributed by atoms with Gasteiger partial charge in [-0.3, -0.25) is 4.79 Å². The first-order valence-electron chi connectivity index (χ1n) is 7.78. The zero-order valence-corrected chi connectivity index (χ0v) is 14.8. The van der Waals surface area contributed by atoms with E-state index in [0.717, 1.165) is 0 Å². The van der Waals surface area contributed by atoms with E-state index in [-0.39, 0.29) is 17.0 Å². The number of amides is 1. The summed E-state index contributed by atoms with van der Waals surface area (Å²) in [6, 6.07) is 10.9. The summed E-state index contributed by atoms with van der Waals surface area (Å²) >= 11 is 0. The molecule has 0 aliphatic rings. The maximum absolute atomic E-state index is 12.5. The molecule has 1 aromatic heterocycles. The number of hydrogen-bond donors (Lipinski definition) is 2. The maximum Gasteiger partial charge on any atom is 0.255 e. The maximum atomic E-state index is 12.5. The third-order valence-electron chi connectivity index (χ3n) is 3.58. The number of fused-ring (bicyclic) bond motifs is 1. The molecule has 134 valence electrons. The molecule has 2 N–H and O–H groups in total. The minimum Gasteiger partial charge on any atom is -0.441 e. The van der Waals surface area contributed by atoms with Gasteiger partial charge in [-0.1, -0.05) is 12.1 Å². The molecular weight excluding hydrogens is 354 g/mol. The highest BCUT2D eigenvalue weighted by molar-refractivity contribution is 7.89. The van der Waals surface area contributed by atoms with Crippen molar-refractivity contribution in [1.29, 1.82) is 0 Å². The molecule has 0 radical (unpaired) electrons. The zero-order chi connectivity index (χ0) is 18.7. The summed E-state index contributed by atoms with van der Waals surface area (Å²) in [5.74, 6) is 0.106. The summed E-state index contributed by atoms with van der Waals surface area (Å²) in [4.78, 5) is 16.7. The summed E-state index contributed by atoms with van der Waals surface area (Å²) in [5.41, 5.74) is 2.00. The van der Waals surface area contributed by atoms with Crippen LogP contribution in [0.3, 0.4) is 0 Å². The van der Waals surface area contributed by atoms with Gasteiger partial charge in [-0.2, -0.15) is 0 Å². The minimum absolute atomic E-state index is 0.00770. The average Bonchev–Trinajstić information content (AvgIpc) is 2.99. The van der Waals surface area contributed by atoms with Crippen molar-refractivity contribution in [3.63, 3.8) is 0 Å². The predicted molar refractivity (Wildman–Crippen MR) is 98.5 cm³/mol. The fraction of sp³-hybridized carbons (Fsp3) is 0.111. The number of aromatic nitrogens is 1. The van der Waals surface area contributed by atoms with Gasteiger partial charge in [-0.15, -0.1) is 6.58 Å². The molecular formula is C18H17N3O4S. The van der Waals surface area contributed by atoms with Crippen molar-refractivity contribution in [1.82, 2.24) is 9.71 Å².